The molecule has 0 saturated heterocycles. The summed E-state index contributed by atoms with van der Waals surface area (Å²) >= 11 is 0. The minimum absolute atomic E-state index is 0. The normalized spacial score (nSPS) is 11.1. The van der Waals surface area contributed by atoms with Crippen LogP contribution in [0.5, 0.6) is 11.5 Å². The average molecular weight is 524 g/mol. The largest absolute Gasteiger partial charge is 0.497 e. The van der Waals surface area contributed by atoms with Gasteiger partial charge in [0.1, 0.15) is 17.3 Å². The fourth-order valence-corrected chi connectivity index (χ4v) is 3.11. The Labute approximate surface area is 194 Å². The van der Waals surface area contributed by atoms with Crippen molar-refractivity contribution in [2.75, 3.05) is 34.4 Å². The molecular weight excluding hydrogens is 495 g/mol. The van der Waals surface area contributed by atoms with E-state index < -0.39 is 0 Å². The van der Waals surface area contributed by atoms with Gasteiger partial charge in [-0.05, 0) is 31.2 Å². The van der Waals surface area contributed by atoms with Crippen LogP contribution in [0.1, 0.15) is 18.3 Å². The van der Waals surface area contributed by atoms with Crippen LogP contribution in [0.15, 0.2) is 47.6 Å². The lowest BCUT2D eigenvalue weighted by Crippen LogP contribution is -2.38. The number of benzene rings is 1. The van der Waals surface area contributed by atoms with E-state index in [1.807, 2.05) is 54.0 Å². The van der Waals surface area contributed by atoms with Gasteiger partial charge in [0.25, 0.3) is 0 Å². The Morgan fingerprint density at radius 3 is 2.73 bits per heavy atom. The van der Waals surface area contributed by atoms with Gasteiger partial charge in [-0.2, -0.15) is 0 Å². The van der Waals surface area contributed by atoms with Crippen LogP contribution < -0.4 is 14.8 Å². The van der Waals surface area contributed by atoms with Gasteiger partial charge >= 0.3 is 0 Å². The van der Waals surface area contributed by atoms with E-state index in [4.69, 9.17) is 14.5 Å². The molecule has 0 spiro atoms. The summed E-state index contributed by atoms with van der Waals surface area (Å²) < 4.78 is 12.8. The predicted molar refractivity (Wildman–Crippen MR) is 129 cm³/mol. The van der Waals surface area contributed by atoms with Crippen molar-refractivity contribution in [3.8, 4) is 11.5 Å². The Kier molecular flexibility index (Phi) is 9.15. The van der Waals surface area contributed by atoms with Crippen LogP contribution in [0.2, 0.25) is 0 Å². The third-order valence-corrected chi connectivity index (χ3v) is 4.58. The molecule has 0 fully saturated rings. The average Bonchev–Trinajstić information content (AvgIpc) is 3.16. The molecule has 3 aromatic rings. The third-order valence-electron chi connectivity index (χ3n) is 4.58. The first-order chi connectivity index (χ1) is 14.2. The second kappa shape index (κ2) is 11.6. The summed E-state index contributed by atoms with van der Waals surface area (Å²) in [6, 6.07) is 11.7. The van der Waals surface area contributed by atoms with Gasteiger partial charge < -0.3 is 19.7 Å². The first-order valence-electron chi connectivity index (χ1n) is 9.65. The van der Waals surface area contributed by atoms with Crippen molar-refractivity contribution in [2.45, 2.75) is 19.9 Å². The lowest BCUT2D eigenvalue weighted by molar-refractivity contribution is 0.382. The molecule has 162 valence electrons. The number of fused-ring (bicyclic) bond motifs is 1. The van der Waals surface area contributed by atoms with Gasteiger partial charge in [0.05, 0.1) is 14.2 Å². The summed E-state index contributed by atoms with van der Waals surface area (Å²) in [5, 5.41) is 11.8. The van der Waals surface area contributed by atoms with Crippen LogP contribution in [-0.4, -0.2) is 59.8 Å². The minimum atomic E-state index is 0. The first-order valence-corrected chi connectivity index (χ1v) is 9.65. The number of aromatic nitrogens is 3. The van der Waals surface area contributed by atoms with E-state index in [9.17, 15) is 0 Å². The third kappa shape index (κ3) is 5.74. The zero-order valence-corrected chi connectivity index (χ0v) is 20.2. The van der Waals surface area contributed by atoms with Crippen molar-refractivity contribution < 1.29 is 9.47 Å². The van der Waals surface area contributed by atoms with Crippen LogP contribution >= 0.6 is 24.0 Å². The second-order valence-corrected chi connectivity index (χ2v) is 6.56. The molecule has 1 N–H and O–H groups in total. The van der Waals surface area contributed by atoms with Crippen LogP contribution in [0, 0.1) is 0 Å². The molecule has 0 unspecified atom stereocenters. The topological polar surface area (TPSA) is 76.3 Å². The molecule has 9 heteroatoms. The van der Waals surface area contributed by atoms with Gasteiger partial charge in [0.15, 0.2) is 11.6 Å². The molecule has 0 radical (unpaired) electrons. The van der Waals surface area contributed by atoms with Gasteiger partial charge in [0, 0.05) is 50.9 Å². The standard InChI is InChI=1S/C21H28N6O2.HI/c1-5-22-21(23-12-11-20-25-24-19-8-6-7-13-27(19)20)26(2)15-16-9-10-17(28-3)14-18(16)29-4;/h6-10,13-14H,5,11-12,15H2,1-4H3,(H,22,23);1H. The molecule has 0 atom stereocenters. The lowest BCUT2D eigenvalue weighted by atomic mass is 10.2. The predicted octanol–water partition coefficient (Wildman–Crippen LogP) is 3.00. The van der Waals surface area contributed by atoms with E-state index in [-0.39, 0.29) is 24.0 Å². The Bertz CT molecular complexity index is 975. The first kappa shape index (κ1) is 23.7. The molecule has 0 amide bonds. The maximum atomic E-state index is 5.51. The zero-order chi connectivity index (χ0) is 20.6. The molecule has 3 rings (SSSR count). The number of ether oxygens (including phenoxy) is 2. The van der Waals surface area contributed by atoms with E-state index in [0.717, 1.165) is 41.0 Å². The van der Waals surface area contributed by atoms with Crippen LogP contribution in [0.25, 0.3) is 5.65 Å². The van der Waals surface area contributed by atoms with Crippen molar-refractivity contribution in [3.05, 3.63) is 54.0 Å². The maximum Gasteiger partial charge on any atom is 0.193 e. The molecule has 2 heterocycles. The number of rotatable bonds is 8. The highest BCUT2D eigenvalue weighted by atomic mass is 127. The van der Waals surface area contributed by atoms with Crippen molar-refractivity contribution in [1.29, 1.82) is 0 Å². The van der Waals surface area contributed by atoms with E-state index in [2.05, 4.69) is 27.3 Å². The molecule has 0 bridgehead atoms. The van der Waals surface area contributed by atoms with Gasteiger partial charge in [-0.15, -0.1) is 34.2 Å². The number of halogens is 1. The highest BCUT2D eigenvalue weighted by Gasteiger charge is 2.12. The number of hydrogen-bond acceptors (Lipinski definition) is 5. The number of nitrogens with one attached hydrogen (secondary N) is 1. The number of pyridine rings is 1. The highest BCUT2D eigenvalue weighted by Crippen LogP contribution is 2.25. The second-order valence-electron chi connectivity index (χ2n) is 6.56. The SMILES string of the molecule is CCNC(=NCCc1nnc2ccccn12)N(C)Cc1ccc(OC)cc1OC.I. The zero-order valence-electron chi connectivity index (χ0n) is 17.8. The van der Waals surface area contributed by atoms with Gasteiger partial charge in [-0.3, -0.25) is 9.39 Å². The van der Waals surface area contributed by atoms with Crippen LogP contribution in [0.4, 0.5) is 0 Å². The smallest absolute Gasteiger partial charge is 0.193 e. The van der Waals surface area contributed by atoms with Gasteiger partial charge in [0.2, 0.25) is 0 Å². The molecule has 0 aliphatic carbocycles. The molecule has 0 saturated carbocycles. The molecule has 0 aliphatic rings. The van der Waals surface area contributed by atoms with Gasteiger partial charge in [-0.1, -0.05) is 6.07 Å². The number of nitrogens with zero attached hydrogens (tertiary/aromatic N) is 5. The van der Waals surface area contributed by atoms with Crippen molar-refractivity contribution in [1.82, 2.24) is 24.8 Å². The Hall–Kier alpha value is -2.56. The number of guanidine groups is 1. The molecule has 1 aromatic carbocycles. The number of aliphatic imine (C=N–C) groups is 1. The molecule has 2 aromatic heterocycles. The van der Waals surface area contributed by atoms with Crippen molar-refractivity contribution in [2.24, 2.45) is 4.99 Å². The van der Waals surface area contributed by atoms with E-state index in [0.29, 0.717) is 19.5 Å². The summed E-state index contributed by atoms with van der Waals surface area (Å²) in [7, 11) is 5.33. The molecular formula is C21H29IN6O2. The number of methoxy groups -OCH3 is 2. The Morgan fingerprint density at radius 1 is 1.17 bits per heavy atom. The monoisotopic (exact) mass is 524 g/mol. The van der Waals surface area contributed by atoms with Gasteiger partial charge in [-0.25, -0.2) is 0 Å². The van der Waals surface area contributed by atoms with E-state index in [1.165, 1.54) is 0 Å². The van der Waals surface area contributed by atoms with E-state index >= 15 is 0 Å². The Morgan fingerprint density at radius 2 is 2.00 bits per heavy atom. The van der Waals surface area contributed by atoms with E-state index in [1.54, 1.807) is 14.2 Å². The summed E-state index contributed by atoms with van der Waals surface area (Å²) in [5.41, 5.74) is 1.91. The molecule has 0 aliphatic heterocycles. The lowest BCUT2D eigenvalue weighted by Gasteiger charge is -2.23. The molecule has 30 heavy (non-hydrogen) atoms. The summed E-state index contributed by atoms with van der Waals surface area (Å²) in [6.45, 7) is 4.12. The highest BCUT2D eigenvalue weighted by molar-refractivity contribution is 14.0. The summed E-state index contributed by atoms with van der Waals surface area (Å²) in [5.74, 6) is 3.30. The fraction of sp³-hybridized carbons (Fsp3) is 0.381. The minimum Gasteiger partial charge on any atom is -0.497 e. The summed E-state index contributed by atoms with van der Waals surface area (Å²) in [4.78, 5) is 6.84. The molecule has 8 nitrogen and oxygen atoms in total. The Balaban J connectivity index is 0.00000320. The van der Waals surface area contributed by atoms with Crippen LogP contribution in [0.3, 0.4) is 0 Å². The quantitative estimate of drug-likeness (QED) is 0.278. The van der Waals surface area contributed by atoms with Crippen molar-refractivity contribution >= 4 is 35.6 Å². The summed E-state index contributed by atoms with van der Waals surface area (Å²) in [6.07, 6.45) is 2.68. The van der Waals surface area contributed by atoms with Crippen molar-refractivity contribution in [3.63, 3.8) is 0 Å². The maximum absolute atomic E-state index is 5.51. The number of hydrogen-bond donors (Lipinski definition) is 1. The fourth-order valence-electron chi connectivity index (χ4n) is 3.11. The van der Waals surface area contributed by atoms with Crippen LogP contribution in [-0.2, 0) is 13.0 Å².